The van der Waals surface area contributed by atoms with Crippen molar-refractivity contribution >= 4 is 11.9 Å². The van der Waals surface area contributed by atoms with Crippen molar-refractivity contribution in [1.29, 1.82) is 0 Å². The van der Waals surface area contributed by atoms with Crippen LogP contribution < -0.4 is 4.74 Å². The van der Waals surface area contributed by atoms with Crippen molar-refractivity contribution in [3.8, 4) is 5.75 Å². The summed E-state index contributed by atoms with van der Waals surface area (Å²) in [6.45, 7) is -2.61. The monoisotopic (exact) mass is 301 g/mol. The summed E-state index contributed by atoms with van der Waals surface area (Å²) in [5, 5.41) is 0. The van der Waals surface area contributed by atoms with Gasteiger partial charge >= 0.3 is 12.6 Å². The number of esters is 1. The number of hydrogen-bond donors (Lipinski definition) is 0. The number of amides is 1. The van der Waals surface area contributed by atoms with Gasteiger partial charge in [0.15, 0.2) is 0 Å². The predicted molar refractivity (Wildman–Crippen MR) is 71.0 cm³/mol. The molecule has 0 unspecified atom stereocenters. The Morgan fingerprint density at radius 2 is 1.86 bits per heavy atom. The number of carbonyl (C=O) groups is 2. The summed E-state index contributed by atoms with van der Waals surface area (Å²) in [5.41, 5.74) is 0.673. The molecule has 0 atom stereocenters. The number of halogens is 2. The smallest absolute Gasteiger partial charge is 0.387 e. The summed E-state index contributed by atoms with van der Waals surface area (Å²) in [5.74, 6) is -0.523. The van der Waals surface area contributed by atoms with Crippen molar-refractivity contribution < 1.29 is 27.8 Å². The first-order valence-electron chi connectivity index (χ1n) is 6.27. The Kier molecular flexibility index (Phi) is 6.58. The third-order valence-electron chi connectivity index (χ3n) is 2.81. The van der Waals surface area contributed by atoms with Crippen LogP contribution in [0, 0.1) is 0 Å². The van der Waals surface area contributed by atoms with E-state index in [2.05, 4.69) is 9.47 Å². The maximum atomic E-state index is 12.0. The summed E-state index contributed by atoms with van der Waals surface area (Å²) >= 11 is 0. The normalized spacial score (nSPS) is 10.3. The third-order valence-corrected chi connectivity index (χ3v) is 2.81. The zero-order valence-electron chi connectivity index (χ0n) is 11.8. The summed E-state index contributed by atoms with van der Waals surface area (Å²) < 4.78 is 32.7. The number of carbonyl (C=O) groups excluding carboxylic acids is 2. The molecule has 1 rings (SSSR count). The Bertz CT molecular complexity index is 476. The number of rotatable bonds is 7. The molecule has 0 bridgehead atoms. The number of benzene rings is 1. The van der Waals surface area contributed by atoms with Gasteiger partial charge in [-0.15, -0.1) is 0 Å². The maximum Gasteiger partial charge on any atom is 0.387 e. The molecule has 0 aliphatic heterocycles. The molecule has 0 heterocycles. The Morgan fingerprint density at radius 3 is 2.38 bits per heavy atom. The van der Waals surface area contributed by atoms with Crippen LogP contribution in [0.1, 0.15) is 12.0 Å². The Balaban J connectivity index is 2.48. The zero-order chi connectivity index (χ0) is 15.8. The Morgan fingerprint density at radius 1 is 1.24 bits per heavy atom. The third kappa shape index (κ3) is 6.20. The van der Waals surface area contributed by atoms with Crippen LogP contribution in [0.25, 0.3) is 0 Å². The van der Waals surface area contributed by atoms with Crippen LogP contribution in [-0.4, -0.2) is 44.1 Å². The molecule has 0 saturated heterocycles. The first kappa shape index (κ1) is 16.9. The van der Waals surface area contributed by atoms with E-state index in [4.69, 9.17) is 0 Å². The minimum atomic E-state index is -2.87. The molecule has 1 aromatic rings. The van der Waals surface area contributed by atoms with E-state index in [0.717, 1.165) is 0 Å². The summed E-state index contributed by atoms with van der Waals surface area (Å²) in [4.78, 5) is 24.3. The molecule has 0 saturated carbocycles. The van der Waals surface area contributed by atoms with E-state index in [1.165, 1.54) is 24.1 Å². The molecule has 0 radical (unpaired) electrons. The van der Waals surface area contributed by atoms with E-state index in [1.54, 1.807) is 19.2 Å². The van der Waals surface area contributed by atoms with Crippen LogP contribution in [0.2, 0.25) is 0 Å². The van der Waals surface area contributed by atoms with Gasteiger partial charge in [0.05, 0.1) is 20.0 Å². The van der Waals surface area contributed by atoms with Gasteiger partial charge in [-0.05, 0) is 17.7 Å². The molecule has 5 nitrogen and oxygen atoms in total. The van der Waals surface area contributed by atoms with Gasteiger partial charge in [0.25, 0.3) is 0 Å². The van der Waals surface area contributed by atoms with E-state index < -0.39 is 6.61 Å². The highest BCUT2D eigenvalue weighted by Crippen LogP contribution is 2.15. The quantitative estimate of drug-likeness (QED) is 0.721. The van der Waals surface area contributed by atoms with Gasteiger partial charge in [-0.3, -0.25) is 9.59 Å². The Labute approximate surface area is 121 Å². The van der Waals surface area contributed by atoms with Gasteiger partial charge in [0.2, 0.25) is 5.91 Å². The van der Waals surface area contributed by atoms with Gasteiger partial charge < -0.3 is 14.4 Å². The van der Waals surface area contributed by atoms with Crippen LogP contribution in [0.5, 0.6) is 5.75 Å². The van der Waals surface area contributed by atoms with Gasteiger partial charge in [-0.25, -0.2) is 0 Å². The van der Waals surface area contributed by atoms with Crippen molar-refractivity contribution in [2.75, 3.05) is 20.7 Å². The van der Waals surface area contributed by atoms with E-state index in [9.17, 15) is 18.4 Å². The fourth-order valence-electron chi connectivity index (χ4n) is 1.58. The van der Waals surface area contributed by atoms with Gasteiger partial charge in [-0.1, -0.05) is 12.1 Å². The Hall–Kier alpha value is -2.18. The molecule has 1 amide bonds. The lowest BCUT2D eigenvalue weighted by molar-refractivity contribution is -0.141. The molecule has 0 aromatic heterocycles. The molecule has 1 aromatic carbocycles. The predicted octanol–water partition coefficient (Wildman–Crippen LogP) is 1.85. The number of hydrogen-bond acceptors (Lipinski definition) is 4. The summed E-state index contributed by atoms with van der Waals surface area (Å²) in [7, 11) is 2.87. The molecular weight excluding hydrogens is 284 g/mol. The second-order valence-electron chi connectivity index (χ2n) is 4.34. The van der Waals surface area contributed by atoms with E-state index in [1.807, 2.05) is 0 Å². The average molecular weight is 301 g/mol. The molecule has 0 spiro atoms. The molecule has 0 fully saturated rings. The van der Waals surface area contributed by atoms with E-state index in [0.29, 0.717) is 5.56 Å². The molecule has 21 heavy (non-hydrogen) atoms. The van der Waals surface area contributed by atoms with Crippen molar-refractivity contribution in [2.24, 2.45) is 0 Å². The number of likely N-dealkylation sites (N-methyl/N-ethyl adjacent to an activating group) is 1. The SMILES string of the molecule is COC(=O)CCN(C)C(=O)Cc1ccc(OC(F)F)cc1. The molecule has 0 N–H and O–H groups in total. The second-order valence-corrected chi connectivity index (χ2v) is 4.34. The van der Waals surface area contributed by atoms with Crippen LogP contribution >= 0.6 is 0 Å². The maximum absolute atomic E-state index is 12.0. The van der Waals surface area contributed by atoms with E-state index in [-0.39, 0.29) is 37.0 Å². The van der Waals surface area contributed by atoms with Crippen LogP contribution in [0.3, 0.4) is 0 Å². The molecule has 0 aliphatic carbocycles. The van der Waals surface area contributed by atoms with Crippen LogP contribution in [0.15, 0.2) is 24.3 Å². The van der Waals surface area contributed by atoms with Crippen LogP contribution in [0.4, 0.5) is 8.78 Å². The minimum Gasteiger partial charge on any atom is -0.469 e. The standard InChI is InChI=1S/C14H17F2NO4/c1-17(8-7-13(19)20-2)12(18)9-10-3-5-11(6-4-10)21-14(15)16/h3-6,14H,7-9H2,1-2H3. The number of methoxy groups -OCH3 is 1. The topological polar surface area (TPSA) is 55.8 Å². The van der Waals surface area contributed by atoms with Crippen molar-refractivity contribution in [3.63, 3.8) is 0 Å². The first-order chi connectivity index (χ1) is 9.92. The summed E-state index contributed by atoms with van der Waals surface area (Å²) in [6.07, 6.45) is 0.243. The highest BCUT2D eigenvalue weighted by atomic mass is 19.3. The van der Waals surface area contributed by atoms with Crippen LogP contribution in [-0.2, 0) is 20.7 Å². The second kappa shape index (κ2) is 8.18. The van der Waals surface area contributed by atoms with Crippen molar-refractivity contribution in [1.82, 2.24) is 4.90 Å². The lowest BCUT2D eigenvalue weighted by Gasteiger charge is -2.16. The molecule has 7 heteroatoms. The van der Waals surface area contributed by atoms with Gasteiger partial charge in [0.1, 0.15) is 5.75 Å². The molecular formula is C14H17F2NO4. The van der Waals surface area contributed by atoms with Crippen molar-refractivity contribution in [2.45, 2.75) is 19.5 Å². The molecule has 0 aliphatic rings. The molecule has 116 valence electrons. The highest BCUT2D eigenvalue weighted by Gasteiger charge is 2.12. The number of alkyl halides is 2. The van der Waals surface area contributed by atoms with Gasteiger partial charge in [0, 0.05) is 13.6 Å². The average Bonchev–Trinajstić information content (AvgIpc) is 2.45. The number of ether oxygens (including phenoxy) is 2. The van der Waals surface area contributed by atoms with Gasteiger partial charge in [-0.2, -0.15) is 8.78 Å². The minimum absolute atomic E-state index is 0.0419. The highest BCUT2D eigenvalue weighted by molar-refractivity contribution is 5.79. The first-order valence-corrected chi connectivity index (χ1v) is 6.27. The number of nitrogens with zero attached hydrogens (tertiary/aromatic N) is 1. The zero-order valence-corrected chi connectivity index (χ0v) is 11.8. The fourth-order valence-corrected chi connectivity index (χ4v) is 1.58. The lowest BCUT2D eigenvalue weighted by atomic mass is 10.1. The fraction of sp³-hybridized carbons (Fsp3) is 0.429. The lowest BCUT2D eigenvalue weighted by Crippen LogP contribution is -2.30. The largest absolute Gasteiger partial charge is 0.469 e. The van der Waals surface area contributed by atoms with E-state index >= 15 is 0 Å². The van der Waals surface area contributed by atoms with Crippen molar-refractivity contribution in [3.05, 3.63) is 29.8 Å². The summed E-state index contributed by atoms with van der Waals surface area (Å²) in [6, 6.07) is 5.85.